The number of carbonyl (C=O) groups excluding carboxylic acids is 2. The standard InChI is InChI=1S/C61H102O12S/c1-3-5-7-9-11-13-15-17-19-21-23-25-27-29-31-33-35-37-39-41-43-45-47-49-56(62)70-51-54(52-71-61-60(66)59(65)58(64)55(73-61)53-74(67,68)69)72-57(63)50-48-46-44-42-40-38-36-34-32-30-28-26-24-22-20-18-16-14-12-10-8-6-4-2/h5-8,11-14,17-20,23-26,54-55,58-61,64-66H,3-4,9-10,15-16,21-22,27-53H2,1-2H3,(H,67,68,69)/b7-5-,8-6-,13-11-,14-12-,19-17-,20-18-,25-23-,26-24-. The third-order valence-electron chi connectivity index (χ3n) is 12.7. The van der Waals surface area contributed by atoms with Crippen molar-refractivity contribution in [3.05, 3.63) is 97.2 Å². The number of ether oxygens (including phenoxy) is 4. The second kappa shape index (κ2) is 49.2. The highest BCUT2D eigenvalue weighted by Crippen LogP contribution is 2.24. The van der Waals surface area contributed by atoms with Crippen LogP contribution in [-0.2, 0) is 38.7 Å². The lowest BCUT2D eigenvalue weighted by molar-refractivity contribution is -0.297. The van der Waals surface area contributed by atoms with Crippen molar-refractivity contribution in [2.75, 3.05) is 19.0 Å². The van der Waals surface area contributed by atoms with E-state index < -0.39 is 71.2 Å². The van der Waals surface area contributed by atoms with Gasteiger partial charge < -0.3 is 34.3 Å². The second-order valence-electron chi connectivity index (χ2n) is 19.5. The highest BCUT2D eigenvalue weighted by atomic mass is 32.2. The van der Waals surface area contributed by atoms with Crippen molar-refractivity contribution in [3.63, 3.8) is 0 Å². The van der Waals surface area contributed by atoms with E-state index in [1.165, 1.54) is 70.6 Å². The van der Waals surface area contributed by atoms with Gasteiger partial charge in [0, 0.05) is 12.8 Å². The second-order valence-corrected chi connectivity index (χ2v) is 21.0. The zero-order valence-corrected chi connectivity index (χ0v) is 46.7. The summed E-state index contributed by atoms with van der Waals surface area (Å²) in [6.45, 7) is 3.56. The maximum Gasteiger partial charge on any atom is 0.306 e. The summed E-state index contributed by atoms with van der Waals surface area (Å²) in [6, 6.07) is 0. The zero-order valence-electron chi connectivity index (χ0n) is 45.9. The summed E-state index contributed by atoms with van der Waals surface area (Å²) >= 11 is 0. The predicted octanol–water partition coefficient (Wildman–Crippen LogP) is 14.1. The molecule has 1 saturated heterocycles. The van der Waals surface area contributed by atoms with Crippen molar-refractivity contribution in [3.8, 4) is 0 Å². The molecule has 0 aliphatic carbocycles. The molecule has 4 N–H and O–H groups in total. The van der Waals surface area contributed by atoms with E-state index >= 15 is 0 Å². The minimum absolute atomic E-state index is 0.153. The lowest BCUT2D eigenvalue weighted by atomic mass is 10.00. The van der Waals surface area contributed by atoms with Gasteiger partial charge in [0.25, 0.3) is 10.1 Å². The van der Waals surface area contributed by atoms with Crippen LogP contribution in [0, 0.1) is 0 Å². The molecule has 12 nitrogen and oxygen atoms in total. The summed E-state index contributed by atoms with van der Waals surface area (Å²) in [6.07, 6.45) is 58.6. The molecule has 1 heterocycles. The van der Waals surface area contributed by atoms with Crippen molar-refractivity contribution >= 4 is 22.1 Å². The summed E-state index contributed by atoms with van der Waals surface area (Å²) in [7, 11) is -4.61. The van der Waals surface area contributed by atoms with Gasteiger partial charge in [0.05, 0.1) is 6.61 Å². The smallest absolute Gasteiger partial charge is 0.306 e. The summed E-state index contributed by atoms with van der Waals surface area (Å²) in [5, 5.41) is 31.1. The normalized spacial score (nSPS) is 19.4. The molecule has 1 aliphatic rings. The number of hydrogen-bond acceptors (Lipinski definition) is 11. The number of aliphatic hydroxyl groups is 3. The number of carbonyl (C=O) groups is 2. The predicted molar refractivity (Wildman–Crippen MR) is 302 cm³/mol. The van der Waals surface area contributed by atoms with E-state index in [0.29, 0.717) is 12.8 Å². The Labute approximate surface area is 449 Å². The van der Waals surface area contributed by atoms with E-state index in [9.17, 15) is 37.9 Å². The molecule has 1 fully saturated rings. The Morgan fingerprint density at radius 3 is 1.20 bits per heavy atom. The Balaban J connectivity index is 2.32. The Bertz CT molecular complexity index is 1710. The minimum atomic E-state index is -4.61. The van der Waals surface area contributed by atoms with Crippen LogP contribution in [0.3, 0.4) is 0 Å². The van der Waals surface area contributed by atoms with Crippen LogP contribution in [0.1, 0.15) is 219 Å². The molecule has 0 radical (unpaired) electrons. The monoisotopic (exact) mass is 1060 g/mol. The Morgan fingerprint density at radius 2 is 0.811 bits per heavy atom. The molecule has 74 heavy (non-hydrogen) atoms. The molecule has 0 amide bonds. The van der Waals surface area contributed by atoms with Gasteiger partial charge in [0.2, 0.25) is 0 Å². The van der Waals surface area contributed by atoms with Crippen LogP contribution in [-0.4, -0.2) is 96.0 Å². The maximum atomic E-state index is 12.9. The van der Waals surface area contributed by atoms with Crippen LogP contribution in [0.4, 0.5) is 0 Å². The third-order valence-corrected chi connectivity index (χ3v) is 13.4. The highest BCUT2D eigenvalue weighted by molar-refractivity contribution is 7.85. The largest absolute Gasteiger partial charge is 0.462 e. The first kappa shape index (κ1) is 68.6. The highest BCUT2D eigenvalue weighted by Gasteiger charge is 2.46. The van der Waals surface area contributed by atoms with Crippen LogP contribution >= 0.6 is 0 Å². The third kappa shape index (κ3) is 42.8. The zero-order chi connectivity index (χ0) is 54.0. The van der Waals surface area contributed by atoms with Gasteiger partial charge in [-0.1, -0.05) is 214 Å². The molecule has 6 atom stereocenters. The van der Waals surface area contributed by atoms with E-state index in [1.54, 1.807) is 0 Å². The first-order chi connectivity index (χ1) is 36.0. The average Bonchev–Trinajstić information content (AvgIpc) is 3.37. The van der Waals surface area contributed by atoms with Gasteiger partial charge in [-0.25, -0.2) is 0 Å². The lowest BCUT2D eigenvalue weighted by Gasteiger charge is -2.40. The molecule has 1 rings (SSSR count). The number of rotatable bonds is 48. The van der Waals surface area contributed by atoms with Crippen molar-refractivity contribution in [2.45, 2.75) is 256 Å². The molecule has 0 aromatic carbocycles. The van der Waals surface area contributed by atoms with Gasteiger partial charge in [-0.3, -0.25) is 14.1 Å². The number of aliphatic hydroxyl groups excluding tert-OH is 3. The van der Waals surface area contributed by atoms with E-state index in [1.807, 2.05) is 0 Å². The van der Waals surface area contributed by atoms with Gasteiger partial charge in [-0.05, 0) is 89.9 Å². The Kier molecular flexibility index (Phi) is 45.6. The summed E-state index contributed by atoms with van der Waals surface area (Å²) in [5.74, 6) is -2.00. The minimum Gasteiger partial charge on any atom is -0.462 e. The van der Waals surface area contributed by atoms with Gasteiger partial charge in [-0.2, -0.15) is 8.42 Å². The van der Waals surface area contributed by atoms with Crippen molar-refractivity contribution in [1.29, 1.82) is 0 Å². The maximum absolute atomic E-state index is 12.9. The molecule has 424 valence electrons. The lowest BCUT2D eigenvalue weighted by Crippen LogP contribution is -2.60. The molecular weight excluding hydrogens is 957 g/mol. The topological polar surface area (TPSA) is 186 Å². The molecular formula is C61H102O12S. The van der Waals surface area contributed by atoms with Crippen LogP contribution in [0.25, 0.3) is 0 Å². The van der Waals surface area contributed by atoms with Crippen molar-refractivity contribution < 1.29 is 56.8 Å². The fraction of sp³-hybridized carbons (Fsp3) is 0.705. The van der Waals surface area contributed by atoms with E-state index in [0.717, 1.165) is 109 Å². The van der Waals surface area contributed by atoms with Crippen molar-refractivity contribution in [1.82, 2.24) is 0 Å². The summed E-state index contributed by atoms with van der Waals surface area (Å²) in [4.78, 5) is 25.7. The van der Waals surface area contributed by atoms with Crippen LogP contribution < -0.4 is 0 Å². The molecule has 1 aliphatic heterocycles. The molecule has 0 aromatic rings. The summed E-state index contributed by atoms with van der Waals surface area (Å²) in [5.41, 5.74) is 0. The molecule has 13 heteroatoms. The van der Waals surface area contributed by atoms with Gasteiger partial charge in [0.1, 0.15) is 36.8 Å². The van der Waals surface area contributed by atoms with Crippen LogP contribution in [0.15, 0.2) is 97.2 Å². The molecule has 0 spiro atoms. The first-order valence-electron chi connectivity index (χ1n) is 28.8. The number of esters is 2. The Morgan fingerprint density at radius 1 is 0.459 bits per heavy atom. The average molecular weight is 1060 g/mol. The quantitative estimate of drug-likeness (QED) is 0.0196. The number of allylic oxidation sites excluding steroid dienone is 16. The van der Waals surface area contributed by atoms with Crippen molar-refractivity contribution in [2.24, 2.45) is 0 Å². The molecule has 0 saturated carbocycles. The van der Waals surface area contributed by atoms with Crippen LogP contribution in [0.5, 0.6) is 0 Å². The fourth-order valence-electron chi connectivity index (χ4n) is 8.31. The van der Waals surface area contributed by atoms with Gasteiger partial charge in [0.15, 0.2) is 12.4 Å². The number of hydrogen-bond donors (Lipinski definition) is 4. The number of unbranched alkanes of at least 4 members (excludes halogenated alkanes) is 20. The van der Waals surface area contributed by atoms with E-state index in [-0.39, 0.29) is 19.4 Å². The van der Waals surface area contributed by atoms with E-state index in [2.05, 4.69) is 111 Å². The SMILES string of the molecule is CC/C=C\C/C=C\C/C=C\C/C=C\CCCCCCCCCCCCC(=O)OCC(COC1OC(CS(=O)(=O)O)C(O)C(O)C1O)OC(=O)CCCCCCCCCCCC/C=C\C/C=C\C/C=C\C/C=C\CC. The fourth-order valence-corrected chi connectivity index (χ4v) is 9.00. The molecule has 6 unspecified atom stereocenters. The summed E-state index contributed by atoms with van der Waals surface area (Å²) < 4.78 is 54.4. The first-order valence-corrected chi connectivity index (χ1v) is 30.4. The van der Waals surface area contributed by atoms with Gasteiger partial charge in [-0.15, -0.1) is 0 Å². The Hall–Kier alpha value is -3.43. The molecule has 0 aromatic heterocycles. The molecule has 0 bridgehead atoms. The van der Waals surface area contributed by atoms with Crippen LogP contribution in [0.2, 0.25) is 0 Å². The van der Waals surface area contributed by atoms with Gasteiger partial charge >= 0.3 is 11.9 Å². The van der Waals surface area contributed by atoms with E-state index in [4.69, 9.17) is 18.9 Å².